The lowest BCUT2D eigenvalue weighted by Gasteiger charge is -2.40. The van der Waals surface area contributed by atoms with Crippen LogP contribution in [0.4, 0.5) is 0 Å². The van der Waals surface area contributed by atoms with Crippen molar-refractivity contribution in [3.63, 3.8) is 0 Å². The van der Waals surface area contributed by atoms with Gasteiger partial charge in [-0.25, -0.2) is 8.42 Å². The van der Waals surface area contributed by atoms with Gasteiger partial charge in [-0.3, -0.25) is 0 Å². The van der Waals surface area contributed by atoms with Gasteiger partial charge in [0.1, 0.15) is 42.4 Å². The molecule has 0 aromatic heterocycles. The Morgan fingerprint density at radius 3 is 2.33 bits per heavy atom. The standard InChI is InChI=1S/C26H32O9S/c27-13-21-23(28)24(29)25(30)26(35-21)16-3-8-22(36(31,32)20-6-7-20)17(12-16)11-15-1-4-18(5-2-15)34-19-9-10-33-14-19/h1-5,8,12,19-21,23-30H,6-7,9-11,13-14H2/t19?,21-,23-,24+,25-,26+/m1/s1. The minimum absolute atomic E-state index is 0.0290. The van der Waals surface area contributed by atoms with E-state index in [0.717, 1.165) is 17.7 Å². The summed E-state index contributed by atoms with van der Waals surface area (Å²) < 4.78 is 43.3. The van der Waals surface area contributed by atoms with Crippen LogP contribution in [0.25, 0.3) is 0 Å². The van der Waals surface area contributed by atoms with Crippen molar-refractivity contribution >= 4 is 9.84 Å². The van der Waals surface area contributed by atoms with Crippen molar-refractivity contribution in [1.29, 1.82) is 0 Å². The Morgan fingerprint density at radius 1 is 0.944 bits per heavy atom. The van der Waals surface area contributed by atoms with E-state index >= 15 is 0 Å². The zero-order chi connectivity index (χ0) is 25.4. The summed E-state index contributed by atoms with van der Waals surface area (Å²) in [6.07, 6.45) is -4.07. The van der Waals surface area contributed by atoms with Crippen LogP contribution in [-0.4, -0.2) is 84.4 Å². The van der Waals surface area contributed by atoms with E-state index in [0.29, 0.717) is 43.6 Å². The molecule has 2 saturated heterocycles. The molecule has 1 saturated carbocycles. The fraction of sp³-hybridized carbons (Fsp3) is 0.538. The van der Waals surface area contributed by atoms with Crippen molar-refractivity contribution < 1.29 is 43.1 Å². The van der Waals surface area contributed by atoms with E-state index < -0.39 is 52.2 Å². The summed E-state index contributed by atoms with van der Waals surface area (Å²) in [5.74, 6) is 0.718. The third kappa shape index (κ3) is 5.17. The van der Waals surface area contributed by atoms with E-state index in [-0.39, 0.29) is 11.0 Å². The van der Waals surface area contributed by atoms with Gasteiger partial charge in [0, 0.05) is 6.42 Å². The van der Waals surface area contributed by atoms with E-state index in [1.54, 1.807) is 12.1 Å². The monoisotopic (exact) mass is 520 g/mol. The molecule has 3 fully saturated rings. The molecule has 3 aliphatic rings. The zero-order valence-electron chi connectivity index (χ0n) is 19.8. The maximum atomic E-state index is 13.2. The molecule has 2 aromatic rings. The second-order valence-electron chi connectivity index (χ2n) is 9.79. The highest BCUT2D eigenvalue weighted by molar-refractivity contribution is 7.92. The first-order valence-corrected chi connectivity index (χ1v) is 13.8. The first-order valence-electron chi connectivity index (χ1n) is 12.3. The molecule has 0 amide bonds. The zero-order valence-corrected chi connectivity index (χ0v) is 20.6. The van der Waals surface area contributed by atoms with Crippen LogP contribution in [0.15, 0.2) is 47.4 Å². The van der Waals surface area contributed by atoms with Crippen LogP contribution in [0.1, 0.15) is 42.1 Å². The highest BCUT2D eigenvalue weighted by Crippen LogP contribution is 2.38. The van der Waals surface area contributed by atoms with E-state index in [9.17, 15) is 28.8 Å². The average Bonchev–Trinajstić information content (AvgIpc) is 3.62. The van der Waals surface area contributed by atoms with Crippen LogP contribution in [0.3, 0.4) is 0 Å². The lowest BCUT2D eigenvalue weighted by Crippen LogP contribution is -2.55. The van der Waals surface area contributed by atoms with Gasteiger partial charge in [-0.2, -0.15) is 0 Å². The first kappa shape index (κ1) is 25.6. The molecule has 4 N–H and O–H groups in total. The summed E-state index contributed by atoms with van der Waals surface area (Å²) in [6.45, 7) is 0.713. The highest BCUT2D eigenvalue weighted by Gasteiger charge is 2.44. The Hall–Kier alpha value is -2.05. The topological polar surface area (TPSA) is 143 Å². The van der Waals surface area contributed by atoms with Gasteiger partial charge in [0.15, 0.2) is 9.84 Å². The number of hydrogen-bond donors (Lipinski definition) is 4. The largest absolute Gasteiger partial charge is 0.488 e. The summed E-state index contributed by atoms with van der Waals surface area (Å²) in [5, 5.41) is 40.1. The molecule has 0 spiro atoms. The molecule has 6 atom stereocenters. The normalized spacial score (nSPS) is 30.9. The van der Waals surface area contributed by atoms with Crippen LogP contribution in [0.5, 0.6) is 5.75 Å². The van der Waals surface area contributed by atoms with Crippen molar-refractivity contribution in [2.45, 2.75) is 72.5 Å². The summed E-state index contributed by atoms with van der Waals surface area (Å²) >= 11 is 0. The Labute approximate surface area is 210 Å². The minimum atomic E-state index is -3.51. The van der Waals surface area contributed by atoms with Gasteiger partial charge in [0.25, 0.3) is 0 Å². The van der Waals surface area contributed by atoms with Gasteiger partial charge in [-0.05, 0) is 54.2 Å². The average molecular weight is 521 g/mol. The summed E-state index contributed by atoms with van der Waals surface area (Å²) in [6, 6.07) is 12.2. The Balaban J connectivity index is 1.44. The molecule has 10 heteroatoms. The maximum Gasteiger partial charge on any atom is 0.181 e. The minimum Gasteiger partial charge on any atom is -0.488 e. The molecule has 0 bridgehead atoms. The third-order valence-corrected chi connectivity index (χ3v) is 9.44. The van der Waals surface area contributed by atoms with Crippen LogP contribution >= 0.6 is 0 Å². The quantitative estimate of drug-likeness (QED) is 0.399. The Morgan fingerprint density at radius 2 is 1.69 bits per heavy atom. The van der Waals surface area contributed by atoms with Crippen LogP contribution in [0, 0.1) is 0 Å². The van der Waals surface area contributed by atoms with Crippen molar-refractivity contribution in [2.24, 2.45) is 0 Å². The van der Waals surface area contributed by atoms with E-state index in [1.807, 2.05) is 24.3 Å². The van der Waals surface area contributed by atoms with E-state index in [1.165, 1.54) is 6.07 Å². The van der Waals surface area contributed by atoms with Gasteiger partial charge < -0.3 is 34.6 Å². The van der Waals surface area contributed by atoms with Gasteiger partial charge in [0.2, 0.25) is 0 Å². The SMILES string of the molecule is O=S(=O)(c1ccc([C@@H]2O[C@H](CO)[C@@H](O)[C@H](O)[C@H]2O)cc1Cc1ccc(OC2CCOC2)cc1)C1CC1. The number of hydrogen-bond acceptors (Lipinski definition) is 9. The fourth-order valence-corrected chi connectivity index (χ4v) is 6.70. The van der Waals surface area contributed by atoms with Crippen LogP contribution in [0.2, 0.25) is 0 Å². The Bertz CT molecular complexity index is 1150. The van der Waals surface area contributed by atoms with Crippen molar-refractivity contribution in [2.75, 3.05) is 19.8 Å². The molecular formula is C26H32O9S. The number of sulfone groups is 1. The lowest BCUT2D eigenvalue weighted by atomic mass is 9.90. The lowest BCUT2D eigenvalue weighted by molar-refractivity contribution is -0.231. The number of benzene rings is 2. The molecule has 196 valence electrons. The fourth-order valence-electron chi connectivity index (χ4n) is 4.83. The number of aliphatic hydroxyl groups excluding tert-OH is 4. The van der Waals surface area contributed by atoms with Crippen molar-refractivity contribution in [1.82, 2.24) is 0 Å². The Kier molecular flexibility index (Phi) is 7.37. The van der Waals surface area contributed by atoms with Crippen molar-refractivity contribution in [3.8, 4) is 5.75 Å². The summed E-state index contributed by atoms with van der Waals surface area (Å²) in [7, 11) is -3.51. The molecule has 9 nitrogen and oxygen atoms in total. The molecule has 5 rings (SSSR count). The van der Waals surface area contributed by atoms with Crippen LogP contribution in [-0.2, 0) is 25.7 Å². The molecule has 0 radical (unpaired) electrons. The predicted molar refractivity (Wildman–Crippen MR) is 128 cm³/mol. The van der Waals surface area contributed by atoms with Gasteiger partial charge in [-0.1, -0.05) is 24.3 Å². The van der Waals surface area contributed by atoms with Gasteiger partial charge in [0.05, 0.1) is 30.0 Å². The molecule has 2 heterocycles. The van der Waals surface area contributed by atoms with Crippen LogP contribution < -0.4 is 4.74 Å². The highest BCUT2D eigenvalue weighted by atomic mass is 32.2. The van der Waals surface area contributed by atoms with Gasteiger partial charge in [-0.15, -0.1) is 0 Å². The maximum absolute atomic E-state index is 13.2. The summed E-state index contributed by atoms with van der Waals surface area (Å²) in [5.41, 5.74) is 1.88. The van der Waals surface area contributed by atoms with E-state index in [2.05, 4.69) is 0 Å². The molecule has 1 unspecified atom stereocenters. The van der Waals surface area contributed by atoms with E-state index in [4.69, 9.17) is 14.2 Å². The third-order valence-electron chi connectivity index (χ3n) is 7.08. The number of aliphatic hydroxyl groups is 4. The summed E-state index contributed by atoms with van der Waals surface area (Å²) in [4.78, 5) is 0.238. The number of ether oxygens (including phenoxy) is 3. The molecule has 2 aliphatic heterocycles. The molecule has 2 aromatic carbocycles. The second kappa shape index (κ2) is 10.4. The first-order chi connectivity index (χ1) is 17.3. The number of rotatable bonds is 8. The van der Waals surface area contributed by atoms with Crippen molar-refractivity contribution in [3.05, 3.63) is 59.2 Å². The predicted octanol–water partition coefficient (Wildman–Crippen LogP) is 0.896. The molecular weight excluding hydrogens is 488 g/mol. The smallest absolute Gasteiger partial charge is 0.181 e. The second-order valence-corrected chi connectivity index (χ2v) is 12.0. The molecule has 36 heavy (non-hydrogen) atoms. The van der Waals surface area contributed by atoms with Gasteiger partial charge >= 0.3 is 0 Å². The molecule has 1 aliphatic carbocycles.